The van der Waals surface area contributed by atoms with Crippen LogP contribution in [0.5, 0.6) is 0 Å². The lowest BCUT2D eigenvalue weighted by atomic mass is 10.1. The second-order valence-electron chi connectivity index (χ2n) is 6.48. The molecule has 1 saturated heterocycles. The van der Waals surface area contributed by atoms with E-state index in [1.54, 1.807) is 17.0 Å². The Labute approximate surface area is 168 Å². The Bertz CT molecular complexity index is 866. The van der Waals surface area contributed by atoms with Crippen LogP contribution in [0.3, 0.4) is 0 Å². The van der Waals surface area contributed by atoms with E-state index >= 15 is 0 Å². The smallest absolute Gasteiger partial charge is 0.240 e. The Morgan fingerprint density at radius 3 is 2.54 bits per heavy atom. The molecule has 0 spiro atoms. The van der Waals surface area contributed by atoms with Crippen molar-refractivity contribution in [2.45, 2.75) is 31.1 Å². The van der Waals surface area contributed by atoms with Crippen LogP contribution in [0.25, 0.3) is 0 Å². The van der Waals surface area contributed by atoms with Crippen molar-refractivity contribution in [3.05, 3.63) is 59.9 Å². The molecule has 0 radical (unpaired) electrons. The number of thioether (sulfide) groups is 1. The van der Waals surface area contributed by atoms with Crippen molar-refractivity contribution in [1.29, 1.82) is 0 Å². The molecule has 28 heavy (non-hydrogen) atoms. The van der Waals surface area contributed by atoms with Gasteiger partial charge < -0.3 is 4.90 Å². The van der Waals surface area contributed by atoms with Crippen LogP contribution in [0.2, 0.25) is 0 Å². The monoisotopic (exact) mass is 399 g/mol. The molecule has 0 bridgehead atoms. The molecule has 1 aliphatic heterocycles. The molecule has 7 heteroatoms. The fraction of sp³-hybridized carbons (Fsp3) is 0.286. The Morgan fingerprint density at radius 2 is 1.89 bits per heavy atom. The average molecular weight is 399 g/mol. The van der Waals surface area contributed by atoms with Gasteiger partial charge in [-0.25, -0.2) is 9.82 Å². The number of hydrogen-bond acceptors (Lipinski definition) is 4. The summed E-state index contributed by atoms with van der Waals surface area (Å²) in [7, 11) is 0. The Balaban J connectivity index is 1.47. The standard InChI is InChI=1S/C21H22FN3O2S/c1-15(16-4-8-18(9-5-16)25-13-2-3-21(25)27)23-24-20(26)12-14-28-19-10-6-17(22)7-11-19/h4-11H,2-3,12-14H2,1H3,(H,24,26)/b23-15-. The molecular weight excluding hydrogens is 377 g/mol. The van der Waals surface area contributed by atoms with Crippen LogP contribution in [-0.2, 0) is 9.59 Å². The van der Waals surface area contributed by atoms with E-state index < -0.39 is 0 Å². The topological polar surface area (TPSA) is 61.8 Å². The largest absolute Gasteiger partial charge is 0.312 e. The van der Waals surface area contributed by atoms with Gasteiger partial charge in [0.15, 0.2) is 0 Å². The van der Waals surface area contributed by atoms with Gasteiger partial charge in [-0.3, -0.25) is 9.59 Å². The molecule has 1 aliphatic rings. The van der Waals surface area contributed by atoms with E-state index in [-0.39, 0.29) is 17.6 Å². The number of nitrogens with zero attached hydrogens (tertiary/aromatic N) is 2. The van der Waals surface area contributed by atoms with E-state index in [0.717, 1.165) is 29.1 Å². The average Bonchev–Trinajstić information content (AvgIpc) is 3.13. The summed E-state index contributed by atoms with van der Waals surface area (Å²) in [5, 5.41) is 4.15. The zero-order valence-corrected chi connectivity index (χ0v) is 16.5. The van der Waals surface area contributed by atoms with E-state index in [2.05, 4.69) is 10.5 Å². The quantitative estimate of drug-likeness (QED) is 0.435. The fourth-order valence-corrected chi connectivity index (χ4v) is 3.71. The minimum Gasteiger partial charge on any atom is -0.312 e. The number of hydrazone groups is 1. The predicted octanol–water partition coefficient (Wildman–Crippen LogP) is 3.98. The van der Waals surface area contributed by atoms with Crippen LogP contribution in [0.1, 0.15) is 31.7 Å². The summed E-state index contributed by atoms with van der Waals surface area (Å²) in [4.78, 5) is 26.5. The molecule has 2 amide bonds. The summed E-state index contributed by atoms with van der Waals surface area (Å²) in [5.74, 6) is 0.300. The first-order valence-corrected chi connectivity index (χ1v) is 10.1. The first kappa shape index (κ1) is 20.1. The highest BCUT2D eigenvalue weighted by molar-refractivity contribution is 7.99. The van der Waals surface area contributed by atoms with Crippen molar-refractivity contribution in [3.8, 4) is 0 Å². The summed E-state index contributed by atoms with van der Waals surface area (Å²) in [6, 6.07) is 13.8. The zero-order valence-electron chi connectivity index (χ0n) is 15.7. The SMILES string of the molecule is C/C(=N/NC(=O)CCSc1ccc(F)cc1)c1ccc(N2CCCC2=O)cc1. The fourth-order valence-electron chi connectivity index (χ4n) is 2.86. The molecule has 0 aromatic heterocycles. The minimum atomic E-state index is -0.271. The van der Waals surface area contributed by atoms with Crippen molar-refractivity contribution in [3.63, 3.8) is 0 Å². The third kappa shape index (κ3) is 5.42. The molecule has 1 heterocycles. The third-order valence-electron chi connectivity index (χ3n) is 4.43. The van der Waals surface area contributed by atoms with E-state index in [1.165, 1.54) is 23.9 Å². The van der Waals surface area contributed by atoms with Crippen molar-refractivity contribution in [2.75, 3.05) is 17.2 Å². The molecular formula is C21H22FN3O2S. The number of carbonyl (C=O) groups is 2. The molecule has 146 valence electrons. The van der Waals surface area contributed by atoms with Crippen LogP contribution in [0.4, 0.5) is 10.1 Å². The van der Waals surface area contributed by atoms with Crippen LogP contribution in [0.15, 0.2) is 58.5 Å². The summed E-state index contributed by atoms with van der Waals surface area (Å²) in [5.41, 5.74) is 5.03. The van der Waals surface area contributed by atoms with Gasteiger partial charge in [-0.15, -0.1) is 11.8 Å². The lowest BCUT2D eigenvalue weighted by Crippen LogP contribution is -2.23. The van der Waals surface area contributed by atoms with Gasteiger partial charge in [-0.1, -0.05) is 12.1 Å². The zero-order chi connectivity index (χ0) is 19.9. The highest BCUT2D eigenvalue weighted by Crippen LogP contribution is 2.22. The van der Waals surface area contributed by atoms with Crippen LogP contribution in [-0.4, -0.2) is 29.8 Å². The maximum Gasteiger partial charge on any atom is 0.240 e. The minimum absolute atomic E-state index is 0.156. The van der Waals surface area contributed by atoms with Crippen LogP contribution in [0, 0.1) is 5.82 Å². The van der Waals surface area contributed by atoms with E-state index in [0.29, 0.717) is 24.3 Å². The van der Waals surface area contributed by atoms with Gasteiger partial charge in [0.2, 0.25) is 11.8 Å². The number of benzene rings is 2. The number of carbonyl (C=O) groups excluding carboxylic acids is 2. The second-order valence-corrected chi connectivity index (χ2v) is 7.65. The van der Waals surface area contributed by atoms with E-state index in [4.69, 9.17) is 0 Å². The maximum absolute atomic E-state index is 12.9. The van der Waals surface area contributed by atoms with Crippen molar-refractivity contribution in [1.82, 2.24) is 5.43 Å². The molecule has 0 aliphatic carbocycles. The van der Waals surface area contributed by atoms with E-state index in [9.17, 15) is 14.0 Å². The van der Waals surface area contributed by atoms with Crippen molar-refractivity contribution < 1.29 is 14.0 Å². The van der Waals surface area contributed by atoms with Gasteiger partial charge >= 0.3 is 0 Å². The van der Waals surface area contributed by atoms with Gasteiger partial charge in [-0.2, -0.15) is 5.10 Å². The number of rotatable bonds is 7. The summed E-state index contributed by atoms with van der Waals surface area (Å²) in [6.45, 7) is 2.58. The predicted molar refractivity (Wildman–Crippen MR) is 110 cm³/mol. The highest BCUT2D eigenvalue weighted by atomic mass is 32.2. The number of halogens is 1. The number of hydrogen-bond donors (Lipinski definition) is 1. The second kappa shape index (κ2) is 9.50. The molecule has 0 saturated carbocycles. The highest BCUT2D eigenvalue weighted by Gasteiger charge is 2.21. The molecule has 0 atom stereocenters. The van der Waals surface area contributed by atoms with Gasteiger partial charge in [0.1, 0.15) is 5.82 Å². The maximum atomic E-state index is 12.9. The first-order chi connectivity index (χ1) is 13.5. The lowest BCUT2D eigenvalue weighted by Gasteiger charge is -2.15. The normalized spacial score (nSPS) is 14.4. The van der Waals surface area contributed by atoms with Gasteiger partial charge in [0.25, 0.3) is 0 Å². The van der Waals surface area contributed by atoms with E-state index in [1.807, 2.05) is 31.2 Å². The summed E-state index contributed by atoms with van der Waals surface area (Å²) in [6.07, 6.45) is 1.81. The van der Waals surface area contributed by atoms with Crippen molar-refractivity contribution in [2.24, 2.45) is 5.10 Å². The van der Waals surface area contributed by atoms with Gasteiger partial charge in [0, 0.05) is 35.7 Å². The summed E-state index contributed by atoms with van der Waals surface area (Å²) >= 11 is 1.49. The molecule has 2 aromatic carbocycles. The molecule has 1 fully saturated rings. The molecule has 1 N–H and O–H groups in total. The molecule has 5 nitrogen and oxygen atoms in total. The van der Waals surface area contributed by atoms with Gasteiger partial charge in [-0.05, 0) is 55.3 Å². The molecule has 2 aromatic rings. The first-order valence-electron chi connectivity index (χ1n) is 9.15. The van der Waals surface area contributed by atoms with Crippen LogP contribution >= 0.6 is 11.8 Å². The van der Waals surface area contributed by atoms with Crippen LogP contribution < -0.4 is 10.3 Å². The Kier molecular flexibility index (Phi) is 6.81. The lowest BCUT2D eigenvalue weighted by molar-refractivity contribution is -0.120. The van der Waals surface area contributed by atoms with Crippen molar-refractivity contribution >= 4 is 35.0 Å². The number of anilines is 1. The third-order valence-corrected chi connectivity index (χ3v) is 5.44. The number of amides is 2. The number of nitrogens with one attached hydrogen (secondary N) is 1. The molecule has 3 rings (SSSR count). The Hall–Kier alpha value is -2.67. The molecule has 0 unspecified atom stereocenters. The summed E-state index contributed by atoms with van der Waals surface area (Å²) < 4.78 is 12.9. The van der Waals surface area contributed by atoms with Gasteiger partial charge in [0.05, 0.1) is 5.71 Å². The Morgan fingerprint density at radius 1 is 1.18 bits per heavy atom.